The van der Waals surface area contributed by atoms with Crippen molar-refractivity contribution in [3.63, 3.8) is 0 Å². The van der Waals surface area contributed by atoms with Crippen molar-refractivity contribution in [1.82, 2.24) is 25.1 Å². The molecule has 35 heavy (non-hydrogen) atoms. The van der Waals surface area contributed by atoms with Crippen molar-refractivity contribution in [2.24, 2.45) is 23.7 Å². The van der Waals surface area contributed by atoms with E-state index in [-0.39, 0.29) is 0 Å². The third kappa shape index (κ3) is 3.74. The van der Waals surface area contributed by atoms with Gasteiger partial charge in [0.25, 0.3) is 0 Å². The molecule has 2 unspecified atom stereocenters. The number of hydrogen-bond donors (Lipinski definition) is 1. The summed E-state index contributed by atoms with van der Waals surface area (Å²) in [6.45, 7) is 2.47. The molecule has 3 saturated carbocycles. The van der Waals surface area contributed by atoms with E-state index in [2.05, 4.69) is 58.5 Å². The summed E-state index contributed by atoms with van der Waals surface area (Å²) >= 11 is 7.88. The molecule has 3 aliphatic carbocycles. The van der Waals surface area contributed by atoms with Gasteiger partial charge in [-0.05, 0) is 91.5 Å². The van der Waals surface area contributed by atoms with E-state index in [9.17, 15) is 0 Å². The highest BCUT2D eigenvalue weighted by Gasteiger charge is 2.41. The van der Waals surface area contributed by atoms with Gasteiger partial charge in [0.15, 0.2) is 11.5 Å². The highest BCUT2D eigenvalue weighted by Crippen LogP contribution is 2.49. The Labute approximate surface area is 213 Å². The van der Waals surface area contributed by atoms with Crippen LogP contribution in [0.4, 0.5) is 0 Å². The number of H-pyrrole nitrogens is 1. The number of nitrogens with zero attached hydrogens (tertiary/aromatic N) is 4. The molecule has 5 nitrogen and oxygen atoms in total. The summed E-state index contributed by atoms with van der Waals surface area (Å²) in [5.74, 6) is 3.82. The van der Waals surface area contributed by atoms with E-state index in [1.165, 1.54) is 40.6 Å². The maximum Gasteiger partial charge on any atom is 0.183 e. The van der Waals surface area contributed by atoms with Crippen LogP contribution in [-0.4, -0.2) is 25.1 Å². The van der Waals surface area contributed by atoms with Crippen molar-refractivity contribution in [3.05, 3.63) is 59.4 Å². The summed E-state index contributed by atoms with van der Waals surface area (Å²) in [5.41, 5.74) is 3.48. The van der Waals surface area contributed by atoms with Crippen LogP contribution in [0.25, 0.3) is 43.2 Å². The predicted octanol–water partition coefficient (Wildman–Crippen LogP) is 7.56. The molecule has 8 rings (SSSR count). The molecule has 0 saturated heterocycles. The summed E-state index contributed by atoms with van der Waals surface area (Å²) in [6.07, 6.45) is 6.56. The average molecular weight is 500 g/mol. The Morgan fingerprint density at radius 1 is 0.971 bits per heavy atom. The summed E-state index contributed by atoms with van der Waals surface area (Å²) in [6, 6.07) is 16.7. The first kappa shape index (κ1) is 21.5. The molecule has 0 radical (unpaired) electrons. The van der Waals surface area contributed by atoms with E-state index < -0.39 is 0 Å². The van der Waals surface area contributed by atoms with Gasteiger partial charge in [-0.15, -0.1) is 11.3 Å². The molecule has 0 amide bonds. The third-order valence-corrected chi connectivity index (χ3v) is 9.70. The first-order valence-corrected chi connectivity index (χ1v) is 13.7. The molecule has 2 bridgehead atoms. The molecule has 1 N–H and O–H groups in total. The monoisotopic (exact) mass is 499 g/mol. The number of nitrogens with one attached hydrogen (secondary N) is 1. The first-order valence-electron chi connectivity index (χ1n) is 12.5. The second-order valence-electron chi connectivity index (χ2n) is 10.2. The summed E-state index contributed by atoms with van der Waals surface area (Å²) in [7, 11) is 0. The smallest absolute Gasteiger partial charge is 0.183 e. The van der Waals surface area contributed by atoms with Crippen LogP contribution in [0.15, 0.2) is 48.5 Å². The van der Waals surface area contributed by atoms with Crippen molar-refractivity contribution in [3.8, 4) is 22.1 Å². The molecule has 3 fully saturated rings. The van der Waals surface area contributed by atoms with Gasteiger partial charge in [0.1, 0.15) is 10.8 Å². The van der Waals surface area contributed by atoms with Gasteiger partial charge in [-0.25, -0.2) is 15.0 Å². The maximum atomic E-state index is 6.10. The lowest BCUT2D eigenvalue weighted by Crippen LogP contribution is -2.39. The van der Waals surface area contributed by atoms with Gasteiger partial charge in [0.2, 0.25) is 0 Å². The lowest BCUT2D eigenvalue weighted by Gasteiger charge is -2.47. The number of hydrogen-bond acceptors (Lipinski definition) is 5. The maximum absolute atomic E-state index is 6.10. The topological polar surface area (TPSA) is 67.3 Å². The minimum Gasteiger partial charge on any atom is -0.272 e. The predicted molar refractivity (Wildman–Crippen MR) is 143 cm³/mol. The zero-order valence-electron chi connectivity index (χ0n) is 19.5. The number of benzene rings is 1. The Kier molecular flexibility index (Phi) is 5.14. The van der Waals surface area contributed by atoms with Gasteiger partial charge in [-0.3, -0.25) is 5.10 Å². The van der Waals surface area contributed by atoms with Crippen LogP contribution >= 0.6 is 22.9 Å². The molecule has 4 heterocycles. The Hall–Kier alpha value is -2.83. The fraction of sp³-hybridized carbons (Fsp3) is 0.357. The van der Waals surface area contributed by atoms with Gasteiger partial charge in [-0.2, -0.15) is 5.10 Å². The molecule has 0 spiro atoms. The van der Waals surface area contributed by atoms with E-state index >= 15 is 0 Å². The van der Waals surface area contributed by atoms with Gasteiger partial charge in [-0.1, -0.05) is 36.7 Å². The number of rotatable bonds is 4. The minimum atomic E-state index is 0.428. The van der Waals surface area contributed by atoms with Gasteiger partial charge in [0.05, 0.1) is 16.0 Å². The van der Waals surface area contributed by atoms with E-state index in [1.807, 2.05) is 6.07 Å². The molecule has 0 aliphatic heterocycles. The first-order chi connectivity index (χ1) is 17.1. The Balaban J connectivity index is 1.35. The van der Waals surface area contributed by atoms with Crippen LogP contribution in [0.2, 0.25) is 5.15 Å². The van der Waals surface area contributed by atoms with Gasteiger partial charge >= 0.3 is 0 Å². The molecule has 1 aromatic carbocycles. The number of thiophene rings is 1. The van der Waals surface area contributed by atoms with Crippen LogP contribution in [-0.2, 0) is 6.42 Å². The van der Waals surface area contributed by atoms with Crippen LogP contribution in [0.3, 0.4) is 0 Å². The van der Waals surface area contributed by atoms with Crippen molar-refractivity contribution in [1.29, 1.82) is 0 Å². The number of fused-ring (bicyclic) bond motifs is 5. The standard InChI is InChI=1S/C28H26ClN5S/c1-15-16-6-8-17(9-7-16)21(15)13-19-14-22(24-12-18-4-2-3-5-23(18)35-24)31-28(30-19)26-20-10-11-25(29)32-27(20)34-33-26/h2-5,10-12,14-17,21H,6-9,13H2,1H3,(H,32,33,34). The Bertz CT molecular complexity index is 1510. The quantitative estimate of drug-likeness (QED) is 0.259. The van der Waals surface area contributed by atoms with E-state index in [0.29, 0.717) is 22.5 Å². The number of pyridine rings is 1. The fourth-order valence-electron chi connectivity index (χ4n) is 6.47. The van der Waals surface area contributed by atoms with Crippen molar-refractivity contribution in [2.75, 3.05) is 0 Å². The van der Waals surface area contributed by atoms with Gasteiger partial charge in [0, 0.05) is 10.4 Å². The number of halogens is 1. The highest BCUT2D eigenvalue weighted by atomic mass is 35.5. The van der Waals surface area contributed by atoms with E-state index in [0.717, 1.165) is 46.6 Å². The van der Waals surface area contributed by atoms with E-state index in [1.54, 1.807) is 17.4 Å². The van der Waals surface area contributed by atoms with Crippen LogP contribution in [0.5, 0.6) is 0 Å². The number of aromatic nitrogens is 5. The minimum absolute atomic E-state index is 0.428. The van der Waals surface area contributed by atoms with Crippen molar-refractivity contribution < 1.29 is 0 Å². The van der Waals surface area contributed by atoms with Crippen molar-refractivity contribution in [2.45, 2.75) is 39.0 Å². The van der Waals surface area contributed by atoms with E-state index in [4.69, 9.17) is 21.6 Å². The molecular formula is C28H26ClN5S. The summed E-state index contributed by atoms with van der Waals surface area (Å²) in [5, 5.41) is 10.1. The summed E-state index contributed by atoms with van der Waals surface area (Å²) < 4.78 is 1.27. The zero-order chi connectivity index (χ0) is 23.5. The SMILES string of the molecule is CC1C2CCC(CC2)C1Cc1cc(-c2cc3ccccc3s2)nc(-c2[nH]nc3nc(Cl)ccc23)n1. The van der Waals surface area contributed by atoms with Gasteiger partial charge < -0.3 is 0 Å². The van der Waals surface area contributed by atoms with Crippen molar-refractivity contribution >= 4 is 44.1 Å². The zero-order valence-corrected chi connectivity index (χ0v) is 21.1. The third-order valence-electron chi connectivity index (χ3n) is 8.35. The molecule has 3 aliphatic rings. The average Bonchev–Trinajstić information content (AvgIpc) is 3.50. The molecule has 5 aromatic rings. The fourth-order valence-corrected chi connectivity index (χ4v) is 7.63. The highest BCUT2D eigenvalue weighted by molar-refractivity contribution is 7.22. The molecule has 7 heteroatoms. The lowest BCUT2D eigenvalue weighted by molar-refractivity contribution is 0.0339. The second-order valence-corrected chi connectivity index (χ2v) is 11.7. The Morgan fingerprint density at radius 3 is 2.63 bits per heavy atom. The molecule has 176 valence electrons. The molecule has 4 aromatic heterocycles. The second kappa shape index (κ2) is 8.38. The summed E-state index contributed by atoms with van der Waals surface area (Å²) in [4.78, 5) is 15.7. The van der Waals surface area contributed by atoms with Crippen LogP contribution < -0.4 is 0 Å². The Morgan fingerprint density at radius 2 is 1.80 bits per heavy atom. The van der Waals surface area contributed by atoms with Crippen LogP contribution in [0, 0.1) is 23.7 Å². The van der Waals surface area contributed by atoms with Crippen LogP contribution in [0.1, 0.15) is 38.3 Å². The lowest BCUT2D eigenvalue weighted by atomic mass is 9.58. The number of aromatic amines is 1. The largest absolute Gasteiger partial charge is 0.272 e. The molecular weight excluding hydrogens is 474 g/mol. The molecule has 2 atom stereocenters. The normalized spacial score (nSPS) is 23.9.